The molecule has 0 aliphatic heterocycles. The second-order valence-electron chi connectivity index (χ2n) is 13.0. The molecule has 0 N–H and O–H groups in total. The van der Waals surface area contributed by atoms with Gasteiger partial charge in [0.2, 0.25) is 5.82 Å². The van der Waals surface area contributed by atoms with Crippen LogP contribution in [0.2, 0.25) is 0 Å². The van der Waals surface area contributed by atoms with Crippen LogP contribution in [0.25, 0.3) is 11.1 Å². The van der Waals surface area contributed by atoms with Crippen molar-refractivity contribution in [2.45, 2.75) is 96.8 Å². The SMILES string of the molecule is C=CCCC1CCC(C2CCC3CC(CCc4ccc(-c5ccc(OCC)c(F)c5F)c(F)c4F)CCC3C2)CC1. The zero-order valence-electron chi connectivity index (χ0n) is 24.6. The zero-order valence-corrected chi connectivity index (χ0v) is 24.6. The lowest BCUT2D eigenvalue weighted by atomic mass is 9.60. The first-order valence-electron chi connectivity index (χ1n) is 16.1. The van der Waals surface area contributed by atoms with Crippen molar-refractivity contribution in [2.24, 2.45) is 35.5 Å². The van der Waals surface area contributed by atoms with Gasteiger partial charge in [0.15, 0.2) is 23.2 Å². The van der Waals surface area contributed by atoms with Crippen LogP contribution in [-0.4, -0.2) is 6.61 Å². The summed E-state index contributed by atoms with van der Waals surface area (Å²) >= 11 is 0. The number of hydrogen-bond acceptors (Lipinski definition) is 1. The Hall–Kier alpha value is -2.30. The Balaban J connectivity index is 1.13. The van der Waals surface area contributed by atoms with Gasteiger partial charge >= 0.3 is 0 Å². The van der Waals surface area contributed by atoms with Gasteiger partial charge in [0.25, 0.3) is 0 Å². The van der Waals surface area contributed by atoms with Crippen molar-refractivity contribution in [3.8, 4) is 16.9 Å². The Labute approximate surface area is 243 Å². The van der Waals surface area contributed by atoms with E-state index in [2.05, 4.69) is 12.7 Å². The maximum absolute atomic E-state index is 15.1. The second kappa shape index (κ2) is 13.8. The maximum Gasteiger partial charge on any atom is 0.201 e. The number of rotatable bonds is 10. The van der Waals surface area contributed by atoms with Crippen LogP contribution in [-0.2, 0) is 6.42 Å². The lowest BCUT2D eigenvalue weighted by molar-refractivity contribution is 0.0581. The fourth-order valence-corrected chi connectivity index (χ4v) is 8.37. The van der Waals surface area contributed by atoms with Gasteiger partial charge in [-0.15, -0.1) is 6.58 Å². The third kappa shape index (κ3) is 6.86. The third-order valence-electron chi connectivity index (χ3n) is 10.7. The summed E-state index contributed by atoms with van der Waals surface area (Å²) in [5, 5.41) is 0. The first-order valence-corrected chi connectivity index (χ1v) is 16.1. The molecular formula is C36H46F4O. The van der Waals surface area contributed by atoms with E-state index in [9.17, 15) is 8.78 Å². The molecule has 0 spiro atoms. The highest BCUT2D eigenvalue weighted by Gasteiger charge is 2.38. The van der Waals surface area contributed by atoms with Crippen LogP contribution in [0.1, 0.15) is 96.0 Å². The maximum atomic E-state index is 15.1. The summed E-state index contributed by atoms with van der Waals surface area (Å²) in [6.07, 6.45) is 19.1. The van der Waals surface area contributed by atoms with E-state index in [0.29, 0.717) is 17.9 Å². The Kier molecular flexibility index (Phi) is 10.1. The molecule has 4 atom stereocenters. The van der Waals surface area contributed by atoms with Crippen LogP contribution in [0.15, 0.2) is 36.9 Å². The lowest BCUT2D eigenvalue weighted by Gasteiger charge is -2.45. The van der Waals surface area contributed by atoms with Crippen LogP contribution < -0.4 is 4.74 Å². The van der Waals surface area contributed by atoms with Crippen molar-refractivity contribution in [3.05, 3.63) is 65.8 Å². The Morgan fingerprint density at radius 1 is 0.683 bits per heavy atom. The molecule has 2 aromatic rings. The van der Waals surface area contributed by atoms with Gasteiger partial charge in [-0.2, -0.15) is 4.39 Å². The van der Waals surface area contributed by atoms with Gasteiger partial charge in [0.1, 0.15) is 0 Å². The highest BCUT2D eigenvalue weighted by atomic mass is 19.2. The third-order valence-corrected chi connectivity index (χ3v) is 10.7. The normalized spacial score (nSPS) is 28.2. The van der Waals surface area contributed by atoms with Crippen LogP contribution in [0.4, 0.5) is 17.6 Å². The minimum Gasteiger partial charge on any atom is -0.491 e. The molecule has 3 saturated carbocycles. The van der Waals surface area contributed by atoms with Gasteiger partial charge < -0.3 is 4.74 Å². The summed E-state index contributed by atoms with van der Waals surface area (Å²) < 4.78 is 64.2. The minimum atomic E-state index is -1.23. The quantitative estimate of drug-likeness (QED) is 0.204. The second-order valence-corrected chi connectivity index (χ2v) is 13.0. The first-order chi connectivity index (χ1) is 19.9. The predicted octanol–water partition coefficient (Wildman–Crippen LogP) is 10.8. The molecule has 1 nitrogen and oxygen atoms in total. The van der Waals surface area contributed by atoms with Crippen LogP contribution >= 0.6 is 0 Å². The van der Waals surface area contributed by atoms with Crippen molar-refractivity contribution >= 4 is 0 Å². The Morgan fingerprint density at radius 2 is 1.27 bits per heavy atom. The van der Waals surface area contributed by atoms with E-state index in [1.165, 1.54) is 94.9 Å². The van der Waals surface area contributed by atoms with Gasteiger partial charge in [-0.1, -0.05) is 37.5 Å². The molecule has 0 bridgehead atoms. The fraction of sp³-hybridized carbons (Fsp3) is 0.611. The monoisotopic (exact) mass is 570 g/mol. The number of benzene rings is 2. The van der Waals surface area contributed by atoms with Crippen molar-refractivity contribution in [1.82, 2.24) is 0 Å². The summed E-state index contributed by atoms with van der Waals surface area (Å²) in [6, 6.07) is 5.40. The fourth-order valence-electron chi connectivity index (χ4n) is 8.37. The van der Waals surface area contributed by atoms with Crippen LogP contribution in [0, 0.1) is 58.8 Å². The summed E-state index contributed by atoms with van der Waals surface area (Å²) in [5.74, 6) is 0.128. The zero-order chi connectivity index (χ0) is 28.9. The number of fused-ring (bicyclic) bond motifs is 1. The largest absolute Gasteiger partial charge is 0.491 e. The highest BCUT2D eigenvalue weighted by molar-refractivity contribution is 5.66. The highest BCUT2D eigenvalue weighted by Crippen LogP contribution is 2.50. The van der Waals surface area contributed by atoms with Crippen molar-refractivity contribution < 1.29 is 22.3 Å². The first kappa shape index (κ1) is 30.2. The number of ether oxygens (including phenoxy) is 1. The molecule has 41 heavy (non-hydrogen) atoms. The molecular weight excluding hydrogens is 524 g/mol. The molecule has 0 amide bonds. The molecule has 3 fully saturated rings. The predicted molar refractivity (Wildman–Crippen MR) is 158 cm³/mol. The van der Waals surface area contributed by atoms with E-state index < -0.39 is 23.3 Å². The molecule has 2 aromatic carbocycles. The average Bonchev–Trinajstić information content (AvgIpc) is 2.99. The topological polar surface area (TPSA) is 9.23 Å². The van der Waals surface area contributed by atoms with E-state index in [0.717, 1.165) is 42.4 Å². The summed E-state index contributed by atoms with van der Waals surface area (Å²) in [7, 11) is 0. The lowest BCUT2D eigenvalue weighted by Crippen LogP contribution is -2.34. The van der Waals surface area contributed by atoms with Gasteiger partial charge in [-0.3, -0.25) is 0 Å². The van der Waals surface area contributed by atoms with Gasteiger partial charge in [-0.25, -0.2) is 13.2 Å². The van der Waals surface area contributed by atoms with Crippen molar-refractivity contribution in [3.63, 3.8) is 0 Å². The number of hydrogen-bond donors (Lipinski definition) is 0. The Morgan fingerprint density at radius 3 is 1.98 bits per heavy atom. The van der Waals surface area contributed by atoms with Crippen molar-refractivity contribution in [2.75, 3.05) is 6.61 Å². The van der Waals surface area contributed by atoms with Gasteiger partial charge in [0, 0.05) is 11.1 Å². The molecule has 0 radical (unpaired) electrons. The summed E-state index contributed by atoms with van der Waals surface area (Å²) in [6.45, 7) is 5.72. The Bertz CT molecular complexity index is 1180. The molecule has 3 aliphatic carbocycles. The molecule has 224 valence electrons. The van der Waals surface area contributed by atoms with E-state index in [4.69, 9.17) is 4.74 Å². The smallest absolute Gasteiger partial charge is 0.201 e. The number of allylic oxidation sites excluding steroid dienone is 1. The number of aryl methyl sites for hydroxylation is 1. The summed E-state index contributed by atoms with van der Waals surface area (Å²) in [5.41, 5.74) is -0.260. The van der Waals surface area contributed by atoms with Gasteiger partial charge in [-0.05, 0) is 131 Å². The van der Waals surface area contributed by atoms with Crippen LogP contribution in [0.5, 0.6) is 5.75 Å². The molecule has 0 aromatic heterocycles. The minimum absolute atomic E-state index is 0.175. The molecule has 4 unspecified atom stereocenters. The standard InChI is InChI=1S/C36H46F4O/c1-3-5-6-23-7-11-25(12-8-23)28-16-15-27-21-24(10-14-29(27)22-28)9-13-26-17-18-30(34(38)33(26)37)31-19-20-32(41-4-2)36(40)35(31)39/h3,17-20,23-25,27-29H,1,4-16,21-22H2,2H3. The van der Waals surface area contributed by atoms with E-state index in [1.807, 2.05) is 0 Å². The molecule has 3 aliphatic rings. The molecule has 5 rings (SSSR count). The average molecular weight is 571 g/mol. The van der Waals surface area contributed by atoms with E-state index in [-0.39, 0.29) is 23.5 Å². The van der Waals surface area contributed by atoms with Crippen LogP contribution in [0.3, 0.4) is 0 Å². The number of halogens is 4. The van der Waals surface area contributed by atoms with E-state index >= 15 is 8.78 Å². The molecule has 0 heterocycles. The van der Waals surface area contributed by atoms with Gasteiger partial charge in [0.05, 0.1) is 6.61 Å². The molecule has 0 saturated heterocycles. The summed E-state index contributed by atoms with van der Waals surface area (Å²) in [4.78, 5) is 0. The molecule has 5 heteroatoms. The van der Waals surface area contributed by atoms with Crippen molar-refractivity contribution in [1.29, 1.82) is 0 Å². The van der Waals surface area contributed by atoms with E-state index in [1.54, 1.807) is 6.92 Å².